The molecule has 0 saturated heterocycles. The van der Waals surface area contributed by atoms with Gasteiger partial charge in [-0.25, -0.2) is 9.97 Å². The van der Waals surface area contributed by atoms with E-state index < -0.39 is 0 Å². The van der Waals surface area contributed by atoms with Crippen LogP contribution in [0.25, 0.3) is 11.4 Å². The highest BCUT2D eigenvalue weighted by atomic mass is 79.9. The van der Waals surface area contributed by atoms with Crippen LogP contribution in [0.4, 0.5) is 5.13 Å². The Kier molecular flexibility index (Phi) is 5.80. The summed E-state index contributed by atoms with van der Waals surface area (Å²) in [4.78, 5) is 26.9. The molecule has 0 atom stereocenters. The van der Waals surface area contributed by atoms with E-state index in [1.54, 1.807) is 24.5 Å². The largest absolute Gasteiger partial charge is 0.298 e. The zero-order chi connectivity index (χ0) is 19.3. The quantitative estimate of drug-likeness (QED) is 0.402. The number of benzene rings is 1. The van der Waals surface area contributed by atoms with Crippen molar-refractivity contribution in [1.29, 1.82) is 0 Å². The normalized spacial score (nSPS) is 10.6. The maximum absolute atomic E-state index is 12.8. The van der Waals surface area contributed by atoms with Gasteiger partial charge in [-0.05, 0) is 48.5 Å². The molecule has 0 aliphatic heterocycles. The summed E-state index contributed by atoms with van der Waals surface area (Å²) in [5, 5.41) is 5.90. The van der Waals surface area contributed by atoms with Crippen molar-refractivity contribution in [3.8, 4) is 11.4 Å². The maximum Gasteiger partial charge on any atom is 0.260 e. The zero-order valence-corrected chi connectivity index (χ0v) is 17.6. The highest BCUT2D eigenvalue weighted by Crippen LogP contribution is 2.30. The molecule has 3 aromatic heterocycles. The van der Waals surface area contributed by atoms with E-state index in [2.05, 4.69) is 36.2 Å². The third kappa shape index (κ3) is 4.46. The second-order valence-corrected chi connectivity index (χ2v) is 8.46. The van der Waals surface area contributed by atoms with E-state index >= 15 is 0 Å². The number of nitrogens with one attached hydrogen (secondary N) is 1. The van der Waals surface area contributed by atoms with Crippen molar-refractivity contribution < 1.29 is 4.79 Å². The number of rotatable bonds is 5. The molecule has 1 N–H and O–H groups in total. The fourth-order valence-corrected chi connectivity index (χ4v) is 4.23. The Morgan fingerprint density at radius 2 is 1.79 bits per heavy atom. The van der Waals surface area contributed by atoms with E-state index in [0.29, 0.717) is 15.7 Å². The van der Waals surface area contributed by atoms with Crippen molar-refractivity contribution >= 4 is 50.1 Å². The van der Waals surface area contributed by atoms with Gasteiger partial charge in [-0.1, -0.05) is 33.8 Å². The van der Waals surface area contributed by atoms with Crippen LogP contribution < -0.4 is 5.32 Å². The molecule has 0 aliphatic rings. The minimum atomic E-state index is -0.241. The van der Waals surface area contributed by atoms with Crippen LogP contribution in [-0.2, 0) is 0 Å². The summed E-state index contributed by atoms with van der Waals surface area (Å²) in [6, 6.07) is 17.0. The number of carbonyl (C=O) groups excluding carboxylic acids is 1. The first-order valence-electron chi connectivity index (χ1n) is 8.26. The Bertz CT molecular complexity index is 1100. The molecular weight excluding hydrogens is 456 g/mol. The van der Waals surface area contributed by atoms with Gasteiger partial charge in [0, 0.05) is 27.1 Å². The molecule has 8 heteroatoms. The number of amides is 1. The Hall–Kier alpha value is -2.55. The van der Waals surface area contributed by atoms with E-state index in [0.717, 1.165) is 20.8 Å². The first-order chi connectivity index (χ1) is 13.7. The lowest BCUT2D eigenvalue weighted by molar-refractivity contribution is 0.102. The summed E-state index contributed by atoms with van der Waals surface area (Å²) in [6.07, 6.45) is 3.40. The second-order valence-electron chi connectivity index (χ2n) is 5.62. The van der Waals surface area contributed by atoms with Crippen molar-refractivity contribution in [2.24, 2.45) is 0 Å². The number of pyridine rings is 2. The van der Waals surface area contributed by atoms with Crippen LogP contribution in [0.5, 0.6) is 0 Å². The minimum Gasteiger partial charge on any atom is -0.298 e. The van der Waals surface area contributed by atoms with E-state index in [1.807, 2.05) is 47.8 Å². The molecule has 1 aromatic carbocycles. The van der Waals surface area contributed by atoms with Gasteiger partial charge >= 0.3 is 0 Å². The average Bonchev–Trinajstić information content (AvgIpc) is 3.19. The molecular formula is C20H13BrN4OS2. The summed E-state index contributed by atoms with van der Waals surface area (Å²) in [7, 11) is 0. The molecule has 0 unspecified atom stereocenters. The van der Waals surface area contributed by atoms with Crippen molar-refractivity contribution in [3.63, 3.8) is 0 Å². The van der Waals surface area contributed by atoms with E-state index in [4.69, 9.17) is 0 Å². The SMILES string of the molecule is O=C(Nc1nc(-c2ccccn2)cs1)c1cccnc1Sc1ccc(Br)cc1. The summed E-state index contributed by atoms with van der Waals surface area (Å²) < 4.78 is 1.00. The molecule has 0 saturated carbocycles. The number of hydrogen-bond acceptors (Lipinski definition) is 6. The van der Waals surface area contributed by atoms with Crippen LogP contribution in [0.3, 0.4) is 0 Å². The third-order valence-corrected chi connectivity index (χ3v) is 6.01. The molecule has 3 heterocycles. The van der Waals surface area contributed by atoms with Crippen LogP contribution in [0.2, 0.25) is 0 Å². The lowest BCUT2D eigenvalue weighted by Gasteiger charge is -2.07. The highest BCUT2D eigenvalue weighted by molar-refractivity contribution is 9.10. The monoisotopic (exact) mass is 468 g/mol. The number of thiazole rings is 1. The molecule has 5 nitrogen and oxygen atoms in total. The van der Waals surface area contributed by atoms with Crippen molar-refractivity contribution in [2.75, 3.05) is 5.32 Å². The van der Waals surface area contributed by atoms with Crippen molar-refractivity contribution in [2.45, 2.75) is 9.92 Å². The Labute approximate surface area is 178 Å². The molecule has 28 heavy (non-hydrogen) atoms. The highest BCUT2D eigenvalue weighted by Gasteiger charge is 2.15. The van der Waals surface area contributed by atoms with Crippen LogP contribution in [-0.4, -0.2) is 20.9 Å². The first kappa shape index (κ1) is 18.8. The van der Waals surface area contributed by atoms with E-state index in [1.165, 1.54) is 23.1 Å². The van der Waals surface area contributed by atoms with Gasteiger partial charge in [0.05, 0.1) is 11.3 Å². The van der Waals surface area contributed by atoms with Crippen LogP contribution >= 0.6 is 39.0 Å². The van der Waals surface area contributed by atoms with Crippen LogP contribution in [0.1, 0.15) is 10.4 Å². The Balaban J connectivity index is 1.53. The zero-order valence-electron chi connectivity index (χ0n) is 14.4. The molecule has 1 amide bonds. The molecule has 0 fully saturated rings. The smallest absolute Gasteiger partial charge is 0.260 e. The lowest BCUT2D eigenvalue weighted by Crippen LogP contribution is -2.13. The summed E-state index contributed by atoms with van der Waals surface area (Å²) in [5.41, 5.74) is 2.01. The van der Waals surface area contributed by atoms with Gasteiger partial charge in [-0.2, -0.15) is 0 Å². The molecule has 0 radical (unpaired) electrons. The summed E-state index contributed by atoms with van der Waals surface area (Å²) in [6.45, 7) is 0. The Morgan fingerprint density at radius 3 is 2.57 bits per heavy atom. The van der Waals surface area contributed by atoms with Gasteiger partial charge in [0.25, 0.3) is 5.91 Å². The van der Waals surface area contributed by atoms with Gasteiger partial charge < -0.3 is 0 Å². The molecule has 4 rings (SSSR count). The summed E-state index contributed by atoms with van der Waals surface area (Å²) in [5.74, 6) is -0.241. The Morgan fingerprint density at radius 1 is 0.964 bits per heavy atom. The average molecular weight is 469 g/mol. The number of carbonyl (C=O) groups is 1. The number of aromatic nitrogens is 3. The summed E-state index contributed by atoms with van der Waals surface area (Å²) >= 11 is 6.23. The molecule has 4 aromatic rings. The number of halogens is 1. The number of nitrogens with zero attached hydrogens (tertiary/aromatic N) is 3. The second kappa shape index (κ2) is 8.64. The fourth-order valence-electron chi connectivity index (χ4n) is 2.39. The van der Waals surface area contributed by atoms with Crippen molar-refractivity contribution in [3.05, 3.63) is 82.4 Å². The van der Waals surface area contributed by atoms with E-state index in [9.17, 15) is 4.79 Å². The van der Waals surface area contributed by atoms with Crippen LogP contribution in [0, 0.1) is 0 Å². The third-order valence-electron chi connectivity index (χ3n) is 3.70. The molecule has 0 spiro atoms. The van der Waals surface area contributed by atoms with Gasteiger partial charge in [0.2, 0.25) is 0 Å². The predicted molar refractivity (Wildman–Crippen MR) is 116 cm³/mol. The number of anilines is 1. The first-order valence-corrected chi connectivity index (χ1v) is 10.7. The molecule has 0 aliphatic carbocycles. The minimum absolute atomic E-state index is 0.241. The topological polar surface area (TPSA) is 67.8 Å². The van der Waals surface area contributed by atoms with Crippen LogP contribution in [0.15, 0.2) is 86.8 Å². The fraction of sp³-hybridized carbons (Fsp3) is 0. The number of hydrogen-bond donors (Lipinski definition) is 1. The van der Waals surface area contributed by atoms with Gasteiger partial charge in [-0.3, -0.25) is 15.1 Å². The van der Waals surface area contributed by atoms with Gasteiger partial charge in [-0.15, -0.1) is 11.3 Å². The van der Waals surface area contributed by atoms with E-state index in [-0.39, 0.29) is 5.91 Å². The van der Waals surface area contributed by atoms with Gasteiger partial charge in [0.1, 0.15) is 10.7 Å². The molecule has 0 bridgehead atoms. The van der Waals surface area contributed by atoms with Gasteiger partial charge in [0.15, 0.2) is 5.13 Å². The predicted octanol–water partition coefficient (Wildman–Crippen LogP) is 5.77. The molecule has 138 valence electrons. The van der Waals surface area contributed by atoms with Crippen molar-refractivity contribution in [1.82, 2.24) is 15.0 Å². The standard InChI is InChI=1S/C20H13BrN4OS2/c21-13-6-8-14(9-7-13)28-19-15(4-3-11-23-19)18(26)25-20-24-17(12-27-20)16-5-1-2-10-22-16/h1-12H,(H,24,25,26). The lowest BCUT2D eigenvalue weighted by atomic mass is 10.3. The maximum atomic E-state index is 12.8.